The highest BCUT2D eigenvalue weighted by Gasteiger charge is 2.51. The Hall–Kier alpha value is -9.76. The van der Waals surface area contributed by atoms with Crippen LogP contribution in [0.2, 0.25) is 0 Å². The molecule has 2 aliphatic rings. The van der Waals surface area contributed by atoms with E-state index in [1.165, 1.54) is 99.7 Å². The van der Waals surface area contributed by atoms with Gasteiger partial charge in [-0.25, -0.2) is 0 Å². The molecule has 0 fully saturated rings. The average Bonchev–Trinajstić information content (AvgIpc) is 4.30. The van der Waals surface area contributed by atoms with E-state index in [9.17, 15) is 0 Å². The summed E-state index contributed by atoms with van der Waals surface area (Å²) >= 11 is 0. The maximum absolute atomic E-state index is 2.49. The maximum atomic E-state index is 2.49. The zero-order valence-electron chi connectivity index (χ0n) is 41.1. The molecule has 0 bridgehead atoms. The van der Waals surface area contributed by atoms with Gasteiger partial charge in [0.2, 0.25) is 0 Å². The number of anilines is 3. The van der Waals surface area contributed by atoms with Crippen molar-refractivity contribution in [1.82, 2.24) is 4.57 Å². The third kappa shape index (κ3) is 6.66. The van der Waals surface area contributed by atoms with Gasteiger partial charge in [0.05, 0.1) is 22.1 Å². The van der Waals surface area contributed by atoms with Crippen LogP contribution in [-0.2, 0) is 5.41 Å². The quantitative estimate of drug-likeness (QED) is 0.147. The van der Waals surface area contributed by atoms with Gasteiger partial charge < -0.3 is 9.47 Å². The first-order valence-corrected chi connectivity index (χ1v) is 26.0. The van der Waals surface area contributed by atoms with E-state index in [1.807, 2.05) is 0 Å². The number of aromatic nitrogens is 1. The molecule has 1 heterocycles. The SMILES string of the molecule is c1ccc(-c2ccc(-c3ccccc3N(c3ccc(-c4ccc(-c5ccc(-n6c7ccccc7c7ccccc76)cc5)cc4)cc3)c3ccc4c(c3)C3(c5ccccc5-c5ccccc53)c3ccccc3-4)cc2)cc1. The van der Waals surface area contributed by atoms with E-state index in [4.69, 9.17) is 0 Å². The van der Waals surface area contributed by atoms with Crippen molar-refractivity contribution in [2.75, 3.05) is 4.90 Å². The minimum Gasteiger partial charge on any atom is -0.310 e. The van der Waals surface area contributed by atoms with Gasteiger partial charge in [0.1, 0.15) is 0 Å². The Balaban J connectivity index is 0.823. The standard InChI is InChI=1S/C73H48N2/c1-2-16-49(17-3-1)50-34-36-55(37-35-50)59-18-7-13-27-70(59)74(58-46-47-63-62-21-6-12-26-68(62)73(69(63)48-58)66-24-10-4-19-60(66)61-20-5-11-25-67(61)73)56-42-38-53(39-43-56)51-30-32-52(33-31-51)54-40-44-57(45-41-54)75-71-28-14-8-22-64(71)65-23-9-15-29-72(65)75/h1-48H. The zero-order chi connectivity index (χ0) is 49.5. The van der Waals surface area contributed by atoms with Crippen LogP contribution in [0, 0.1) is 0 Å². The molecule has 1 spiro atoms. The molecule has 350 valence electrons. The summed E-state index contributed by atoms with van der Waals surface area (Å²) in [7, 11) is 0. The summed E-state index contributed by atoms with van der Waals surface area (Å²) in [5.41, 5.74) is 26.4. The Morgan fingerprint density at radius 2 is 0.627 bits per heavy atom. The van der Waals surface area contributed by atoms with Crippen LogP contribution in [0.5, 0.6) is 0 Å². The molecule has 75 heavy (non-hydrogen) atoms. The van der Waals surface area contributed by atoms with Gasteiger partial charge in [0.15, 0.2) is 0 Å². The van der Waals surface area contributed by atoms with Crippen molar-refractivity contribution in [3.05, 3.63) is 313 Å². The van der Waals surface area contributed by atoms with Crippen LogP contribution < -0.4 is 4.90 Å². The van der Waals surface area contributed by atoms with Crippen molar-refractivity contribution in [3.8, 4) is 72.4 Å². The molecule has 0 aliphatic heterocycles. The Labute approximate surface area is 437 Å². The Kier molecular flexibility index (Phi) is 9.83. The molecule has 0 unspecified atom stereocenters. The lowest BCUT2D eigenvalue weighted by Crippen LogP contribution is -2.26. The smallest absolute Gasteiger partial charge is 0.0726 e. The predicted octanol–water partition coefficient (Wildman–Crippen LogP) is 19.3. The Morgan fingerprint density at radius 1 is 0.253 bits per heavy atom. The van der Waals surface area contributed by atoms with Gasteiger partial charge in [-0.2, -0.15) is 0 Å². The molecule has 0 saturated carbocycles. The second-order valence-electron chi connectivity index (χ2n) is 20.0. The van der Waals surface area contributed by atoms with Gasteiger partial charge in [-0.3, -0.25) is 0 Å². The van der Waals surface area contributed by atoms with Gasteiger partial charge in [-0.15, -0.1) is 0 Å². The lowest BCUT2D eigenvalue weighted by atomic mass is 9.70. The normalized spacial score (nSPS) is 12.6. The molecule has 0 N–H and O–H groups in total. The molecule has 0 atom stereocenters. The van der Waals surface area contributed by atoms with E-state index in [1.54, 1.807) is 0 Å². The van der Waals surface area contributed by atoms with Crippen LogP contribution in [0.25, 0.3) is 94.3 Å². The first-order valence-electron chi connectivity index (χ1n) is 26.0. The van der Waals surface area contributed by atoms with Crippen LogP contribution in [0.3, 0.4) is 0 Å². The van der Waals surface area contributed by atoms with Crippen molar-refractivity contribution in [3.63, 3.8) is 0 Å². The van der Waals surface area contributed by atoms with Crippen LogP contribution in [-0.4, -0.2) is 4.57 Å². The summed E-state index contributed by atoms with van der Waals surface area (Å²) < 4.78 is 2.37. The van der Waals surface area contributed by atoms with Crippen LogP contribution in [0.1, 0.15) is 22.3 Å². The number of hydrogen-bond donors (Lipinski definition) is 0. The molecule has 13 aromatic rings. The molecule has 12 aromatic carbocycles. The number of para-hydroxylation sites is 3. The third-order valence-corrected chi connectivity index (χ3v) is 16.1. The number of fused-ring (bicyclic) bond motifs is 13. The highest BCUT2D eigenvalue weighted by Crippen LogP contribution is 2.63. The van der Waals surface area contributed by atoms with Crippen molar-refractivity contribution in [1.29, 1.82) is 0 Å². The van der Waals surface area contributed by atoms with Crippen molar-refractivity contribution < 1.29 is 0 Å². The van der Waals surface area contributed by atoms with Gasteiger partial charge >= 0.3 is 0 Å². The van der Waals surface area contributed by atoms with Crippen LogP contribution >= 0.6 is 0 Å². The van der Waals surface area contributed by atoms with Crippen molar-refractivity contribution in [2.45, 2.75) is 5.41 Å². The summed E-state index contributed by atoms with van der Waals surface area (Å²) in [6, 6.07) is 107. The van der Waals surface area contributed by atoms with Crippen LogP contribution in [0.15, 0.2) is 291 Å². The molecular formula is C73H48N2. The van der Waals surface area contributed by atoms with E-state index >= 15 is 0 Å². The fourth-order valence-corrected chi connectivity index (χ4v) is 12.7. The van der Waals surface area contributed by atoms with Gasteiger partial charge in [-0.05, 0) is 138 Å². The minimum absolute atomic E-state index is 0.460. The summed E-state index contributed by atoms with van der Waals surface area (Å²) in [6.07, 6.45) is 0. The second kappa shape index (κ2) is 17.2. The van der Waals surface area contributed by atoms with E-state index in [2.05, 4.69) is 301 Å². The topological polar surface area (TPSA) is 8.17 Å². The zero-order valence-corrected chi connectivity index (χ0v) is 41.1. The van der Waals surface area contributed by atoms with Crippen molar-refractivity contribution >= 4 is 38.9 Å². The summed E-state index contributed by atoms with van der Waals surface area (Å²) in [5.74, 6) is 0. The molecule has 0 saturated heterocycles. The van der Waals surface area contributed by atoms with E-state index in [0.29, 0.717) is 0 Å². The largest absolute Gasteiger partial charge is 0.310 e. The highest BCUT2D eigenvalue weighted by molar-refractivity contribution is 6.09. The van der Waals surface area contributed by atoms with Gasteiger partial charge in [-0.1, -0.05) is 237 Å². The Bertz CT molecular complexity index is 4200. The highest BCUT2D eigenvalue weighted by atomic mass is 15.1. The fraction of sp³-hybridized carbons (Fsp3) is 0.0137. The average molecular weight is 953 g/mol. The molecule has 15 rings (SSSR count). The third-order valence-electron chi connectivity index (χ3n) is 16.1. The monoisotopic (exact) mass is 952 g/mol. The first-order chi connectivity index (χ1) is 37.2. The Morgan fingerprint density at radius 3 is 1.16 bits per heavy atom. The van der Waals surface area contributed by atoms with E-state index < -0.39 is 5.41 Å². The van der Waals surface area contributed by atoms with E-state index in [-0.39, 0.29) is 0 Å². The minimum atomic E-state index is -0.460. The lowest BCUT2D eigenvalue weighted by Gasteiger charge is -2.32. The lowest BCUT2D eigenvalue weighted by molar-refractivity contribution is 0.793. The van der Waals surface area contributed by atoms with E-state index in [0.717, 1.165) is 33.9 Å². The van der Waals surface area contributed by atoms with Gasteiger partial charge in [0, 0.05) is 33.4 Å². The first kappa shape index (κ1) is 42.9. The maximum Gasteiger partial charge on any atom is 0.0726 e. The molecule has 0 amide bonds. The molecule has 2 heteroatoms. The predicted molar refractivity (Wildman–Crippen MR) is 314 cm³/mol. The van der Waals surface area contributed by atoms with Crippen molar-refractivity contribution in [2.24, 2.45) is 0 Å². The molecule has 0 radical (unpaired) electrons. The number of benzene rings is 12. The summed E-state index contributed by atoms with van der Waals surface area (Å²) in [5, 5.41) is 2.54. The summed E-state index contributed by atoms with van der Waals surface area (Å²) in [6.45, 7) is 0. The fourth-order valence-electron chi connectivity index (χ4n) is 12.7. The molecular weight excluding hydrogens is 905 g/mol. The molecule has 2 aliphatic carbocycles. The number of rotatable bonds is 8. The molecule has 2 nitrogen and oxygen atoms in total. The van der Waals surface area contributed by atoms with Gasteiger partial charge in [0.25, 0.3) is 0 Å². The number of nitrogens with zero attached hydrogens (tertiary/aromatic N) is 2. The summed E-state index contributed by atoms with van der Waals surface area (Å²) in [4.78, 5) is 2.47. The second-order valence-corrected chi connectivity index (χ2v) is 20.0. The van der Waals surface area contributed by atoms with Crippen LogP contribution in [0.4, 0.5) is 17.1 Å². The molecule has 1 aromatic heterocycles. The number of hydrogen-bond acceptors (Lipinski definition) is 1.